The standard InChI is InChI=1S/C4H9.CH3O.Sn/c1-3-4-2;1-2;/h1,3-4H2,2H3;2H,1H2;. The van der Waals surface area contributed by atoms with E-state index in [0.717, 1.165) is 0 Å². The Hall–Kier alpha value is 0.759. The molecule has 0 fully saturated rings. The van der Waals surface area contributed by atoms with Crippen molar-refractivity contribution >= 4 is 21.1 Å². The van der Waals surface area contributed by atoms with E-state index in [9.17, 15) is 0 Å². The molecule has 0 unspecified atom stereocenters. The summed E-state index contributed by atoms with van der Waals surface area (Å²) in [7, 11) is 0. The van der Waals surface area contributed by atoms with Gasteiger partial charge in [0.2, 0.25) is 0 Å². The van der Waals surface area contributed by atoms with Crippen LogP contribution in [0.25, 0.3) is 0 Å². The maximum absolute atomic E-state index is 8.37. The Morgan fingerprint density at radius 1 is 1.57 bits per heavy atom. The third-order valence-electron chi connectivity index (χ3n) is 0.819. The van der Waals surface area contributed by atoms with Crippen LogP contribution in [0.1, 0.15) is 19.8 Å². The van der Waals surface area contributed by atoms with E-state index in [4.69, 9.17) is 5.11 Å². The van der Waals surface area contributed by atoms with E-state index in [-0.39, 0.29) is 21.1 Å². The molecule has 1 nitrogen and oxygen atoms in total. The average molecular weight is 207 g/mol. The molecule has 0 saturated heterocycles. The second-order valence-corrected chi connectivity index (χ2v) is 5.27. The van der Waals surface area contributed by atoms with Crippen LogP contribution in [0.2, 0.25) is 4.44 Å². The van der Waals surface area contributed by atoms with Crippen LogP contribution in [0.15, 0.2) is 0 Å². The first-order valence-electron chi connectivity index (χ1n) is 2.73. The van der Waals surface area contributed by atoms with Gasteiger partial charge in [-0.1, -0.05) is 0 Å². The van der Waals surface area contributed by atoms with Gasteiger partial charge in [-0.25, -0.2) is 0 Å². The predicted molar refractivity (Wildman–Crippen MR) is 32.6 cm³/mol. The Labute approximate surface area is 55.3 Å². The van der Waals surface area contributed by atoms with Crippen LogP contribution < -0.4 is 0 Å². The molecule has 0 aromatic rings. The number of aliphatic hydroxyl groups is 1. The van der Waals surface area contributed by atoms with E-state index in [0.29, 0.717) is 4.62 Å². The van der Waals surface area contributed by atoms with Gasteiger partial charge in [-0.2, -0.15) is 0 Å². The molecule has 0 aliphatic heterocycles. The summed E-state index contributed by atoms with van der Waals surface area (Å²) in [5.41, 5.74) is 0. The van der Waals surface area contributed by atoms with Gasteiger partial charge in [0.05, 0.1) is 0 Å². The zero-order valence-electron chi connectivity index (χ0n) is 4.78. The van der Waals surface area contributed by atoms with E-state index >= 15 is 0 Å². The van der Waals surface area contributed by atoms with Crippen molar-refractivity contribution in [3.05, 3.63) is 0 Å². The number of hydrogen-bond donors (Lipinski definition) is 1. The minimum absolute atomic E-state index is 0.261. The average Bonchev–Trinajstić information content (AvgIpc) is 1.69. The van der Waals surface area contributed by atoms with Crippen molar-refractivity contribution in [3.8, 4) is 0 Å². The van der Waals surface area contributed by atoms with E-state index in [1.54, 1.807) is 0 Å². The molecule has 0 aliphatic rings. The first-order chi connectivity index (χ1) is 3.41. The third kappa shape index (κ3) is 6.76. The summed E-state index contributed by atoms with van der Waals surface area (Å²) >= 11 is -0.261. The van der Waals surface area contributed by atoms with Crippen LogP contribution in [0, 0.1) is 0 Å². The van der Waals surface area contributed by atoms with Gasteiger partial charge in [0.15, 0.2) is 0 Å². The Morgan fingerprint density at radius 3 is 2.71 bits per heavy atom. The summed E-state index contributed by atoms with van der Waals surface area (Å²) in [6, 6.07) is 0. The van der Waals surface area contributed by atoms with Gasteiger partial charge in [0.1, 0.15) is 0 Å². The van der Waals surface area contributed by atoms with E-state index < -0.39 is 0 Å². The summed E-state index contributed by atoms with van der Waals surface area (Å²) in [5, 5.41) is 8.37. The zero-order chi connectivity index (χ0) is 5.54. The number of unbranched alkanes of at least 4 members (excludes halogenated alkanes) is 1. The summed E-state index contributed by atoms with van der Waals surface area (Å²) in [4.78, 5) is 0. The van der Waals surface area contributed by atoms with Crippen molar-refractivity contribution in [3.63, 3.8) is 0 Å². The molecule has 2 radical (unpaired) electrons. The van der Waals surface area contributed by atoms with Gasteiger partial charge < -0.3 is 0 Å². The van der Waals surface area contributed by atoms with E-state index in [2.05, 4.69) is 6.92 Å². The van der Waals surface area contributed by atoms with Gasteiger partial charge in [0, 0.05) is 0 Å². The Bertz CT molecular complexity index is 27.3. The van der Waals surface area contributed by atoms with Crippen LogP contribution in [0.5, 0.6) is 0 Å². The molecular formula is C5H12OSn. The minimum atomic E-state index is -0.261. The fourth-order valence-corrected chi connectivity index (χ4v) is 2.55. The molecular weight excluding hydrogens is 195 g/mol. The first kappa shape index (κ1) is 7.76. The number of rotatable bonds is 4. The Morgan fingerprint density at radius 2 is 2.29 bits per heavy atom. The zero-order valence-corrected chi connectivity index (χ0v) is 7.63. The van der Waals surface area contributed by atoms with Gasteiger partial charge in [-0.3, -0.25) is 0 Å². The maximum atomic E-state index is 8.37. The monoisotopic (exact) mass is 208 g/mol. The Balaban J connectivity index is 2.45. The van der Waals surface area contributed by atoms with Gasteiger partial charge in [-0.15, -0.1) is 0 Å². The van der Waals surface area contributed by atoms with E-state index in [1.807, 2.05) is 0 Å². The SMILES string of the molecule is CCC[CH2][Sn][CH2]O. The van der Waals surface area contributed by atoms with Crippen LogP contribution in [0.3, 0.4) is 0 Å². The molecule has 0 atom stereocenters. The number of hydrogen-bond acceptors (Lipinski definition) is 1. The topological polar surface area (TPSA) is 20.2 Å². The molecule has 0 heterocycles. The molecule has 0 bridgehead atoms. The summed E-state index contributed by atoms with van der Waals surface area (Å²) in [5.74, 6) is 0. The van der Waals surface area contributed by atoms with Crippen LogP contribution in [-0.2, 0) is 0 Å². The normalized spacial score (nSPS) is 9.43. The van der Waals surface area contributed by atoms with Gasteiger partial charge in [0.25, 0.3) is 0 Å². The van der Waals surface area contributed by atoms with Crippen molar-refractivity contribution in [2.45, 2.75) is 24.2 Å². The van der Waals surface area contributed by atoms with Crippen LogP contribution in [0.4, 0.5) is 0 Å². The molecule has 0 amide bonds. The summed E-state index contributed by atoms with van der Waals surface area (Å²) in [6.07, 6.45) is 2.63. The second-order valence-electron chi connectivity index (χ2n) is 1.51. The molecule has 42 valence electrons. The summed E-state index contributed by atoms with van der Waals surface area (Å²) < 4.78 is 1.89. The molecule has 7 heavy (non-hydrogen) atoms. The molecule has 0 aromatic carbocycles. The molecule has 0 saturated carbocycles. The fourth-order valence-electron chi connectivity index (χ4n) is 0.381. The molecule has 0 spiro atoms. The summed E-state index contributed by atoms with van der Waals surface area (Å²) in [6.45, 7) is 2.19. The molecule has 0 aromatic heterocycles. The molecule has 1 N–H and O–H groups in total. The number of aliphatic hydroxyl groups excluding tert-OH is 1. The second kappa shape index (κ2) is 6.76. The van der Waals surface area contributed by atoms with Crippen molar-refractivity contribution in [1.82, 2.24) is 0 Å². The van der Waals surface area contributed by atoms with Crippen molar-refractivity contribution < 1.29 is 5.11 Å². The van der Waals surface area contributed by atoms with Crippen LogP contribution >= 0.6 is 0 Å². The van der Waals surface area contributed by atoms with E-state index in [1.165, 1.54) is 17.3 Å². The quantitative estimate of drug-likeness (QED) is 0.535. The van der Waals surface area contributed by atoms with Crippen molar-refractivity contribution in [2.75, 3.05) is 4.62 Å². The molecule has 2 heteroatoms. The molecule has 0 rings (SSSR count). The van der Waals surface area contributed by atoms with Gasteiger partial charge in [-0.05, 0) is 0 Å². The van der Waals surface area contributed by atoms with Crippen molar-refractivity contribution in [2.24, 2.45) is 0 Å². The Kier molecular flexibility index (Phi) is 7.49. The first-order valence-corrected chi connectivity index (χ1v) is 6.77. The van der Waals surface area contributed by atoms with Gasteiger partial charge >= 0.3 is 55.1 Å². The van der Waals surface area contributed by atoms with Crippen molar-refractivity contribution in [1.29, 1.82) is 0 Å². The van der Waals surface area contributed by atoms with Crippen LogP contribution in [-0.4, -0.2) is 30.9 Å². The molecule has 0 aliphatic carbocycles. The predicted octanol–water partition coefficient (Wildman–Crippen LogP) is 0.859. The fraction of sp³-hybridized carbons (Fsp3) is 1.00. The third-order valence-corrected chi connectivity index (χ3v) is 3.48.